The van der Waals surface area contributed by atoms with E-state index in [-0.39, 0.29) is 49.8 Å². The van der Waals surface area contributed by atoms with Crippen LogP contribution in [0.1, 0.15) is 32.3 Å². The zero-order valence-corrected chi connectivity index (χ0v) is 16.0. The van der Waals surface area contributed by atoms with E-state index in [9.17, 15) is 18.0 Å². The van der Waals surface area contributed by atoms with Gasteiger partial charge in [-0.2, -0.15) is 4.31 Å². The average Bonchev–Trinajstić information content (AvgIpc) is 2.59. The molecule has 7 nitrogen and oxygen atoms in total. The van der Waals surface area contributed by atoms with Crippen molar-refractivity contribution in [2.24, 2.45) is 5.92 Å². The lowest BCUT2D eigenvalue weighted by Crippen LogP contribution is -2.50. The van der Waals surface area contributed by atoms with Crippen molar-refractivity contribution in [2.45, 2.75) is 38.0 Å². The van der Waals surface area contributed by atoms with Gasteiger partial charge in [-0.25, -0.2) is 8.42 Å². The summed E-state index contributed by atoms with van der Waals surface area (Å²) in [7, 11) is -3.58. The molecular weight excluding hydrogens is 356 g/mol. The van der Waals surface area contributed by atoms with Gasteiger partial charge in [0.1, 0.15) is 0 Å². The minimum atomic E-state index is -3.58. The normalized spacial score (nSPS) is 16.0. The summed E-state index contributed by atoms with van der Waals surface area (Å²) in [4.78, 5) is 24.3. The van der Waals surface area contributed by atoms with Crippen LogP contribution in [-0.2, 0) is 26.0 Å². The van der Waals surface area contributed by atoms with Gasteiger partial charge >= 0.3 is 5.97 Å². The Balaban J connectivity index is 1.97. The van der Waals surface area contributed by atoms with Crippen LogP contribution in [0.5, 0.6) is 0 Å². The molecule has 1 saturated heterocycles. The maximum atomic E-state index is 12.8. The molecular formula is C18H26N2O5S. The molecule has 0 radical (unpaired) electrons. The van der Waals surface area contributed by atoms with Gasteiger partial charge in [-0.05, 0) is 30.0 Å². The van der Waals surface area contributed by atoms with Crippen LogP contribution in [0.2, 0.25) is 0 Å². The lowest BCUT2D eigenvalue weighted by Gasteiger charge is -2.34. The van der Waals surface area contributed by atoms with Crippen molar-refractivity contribution in [2.75, 3.05) is 26.2 Å². The maximum Gasteiger partial charge on any atom is 0.303 e. The number of rotatable bonds is 7. The molecule has 0 aromatic heterocycles. The Morgan fingerprint density at radius 2 is 1.62 bits per heavy atom. The van der Waals surface area contributed by atoms with E-state index in [0.717, 1.165) is 12.0 Å². The summed E-state index contributed by atoms with van der Waals surface area (Å²) in [5.74, 6) is -0.757. The predicted octanol–water partition coefficient (Wildman–Crippen LogP) is 1.58. The minimum Gasteiger partial charge on any atom is -0.481 e. The quantitative estimate of drug-likeness (QED) is 0.773. The fraction of sp³-hybridized carbons (Fsp3) is 0.556. The molecule has 1 fully saturated rings. The molecule has 1 aliphatic rings. The zero-order chi connectivity index (χ0) is 19.3. The lowest BCUT2D eigenvalue weighted by atomic mass is 10.0. The van der Waals surface area contributed by atoms with Gasteiger partial charge in [-0.15, -0.1) is 0 Å². The summed E-state index contributed by atoms with van der Waals surface area (Å²) in [6, 6.07) is 6.96. The second-order valence-electron chi connectivity index (χ2n) is 6.92. The highest BCUT2D eigenvalue weighted by Crippen LogP contribution is 2.19. The van der Waals surface area contributed by atoms with Crippen molar-refractivity contribution in [1.29, 1.82) is 0 Å². The van der Waals surface area contributed by atoms with Crippen molar-refractivity contribution in [1.82, 2.24) is 9.21 Å². The number of hydrogen-bond acceptors (Lipinski definition) is 4. The number of nitrogens with zero attached hydrogens (tertiary/aromatic N) is 2. The molecule has 8 heteroatoms. The van der Waals surface area contributed by atoms with E-state index in [2.05, 4.69) is 13.8 Å². The first-order valence-corrected chi connectivity index (χ1v) is 10.2. The molecule has 0 atom stereocenters. The van der Waals surface area contributed by atoms with E-state index in [1.807, 2.05) is 12.1 Å². The number of carbonyl (C=O) groups excluding carboxylic acids is 1. The van der Waals surface area contributed by atoms with Crippen molar-refractivity contribution in [3.63, 3.8) is 0 Å². The Morgan fingerprint density at radius 1 is 1.04 bits per heavy atom. The number of amides is 1. The van der Waals surface area contributed by atoms with E-state index in [4.69, 9.17) is 5.11 Å². The van der Waals surface area contributed by atoms with Gasteiger partial charge in [0.25, 0.3) is 0 Å². The summed E-state index contributed by atoms with van der Waals surface area (Å²) in [5.41, 5.74) is 1.10. The van der Waals surface area contributed by atoms with Crippen molar-refractivity contribution in [3.8, 4) is 0 Å². The van der Waals surface area contributed by atoms with E-state index >= 15 is 0 Å². The van der Waals surface area contributed by atoms with Crippen LogP contribution in [-0.4, -0.2) is 60.8 Å². The topological polar surface area (TPSA) is 95.0 Å². The van der Waals surface area contributed by atoms with E-state index < -0.39 is 16.0 Å². The van der Waals surface area contributed by atoms with Crippen LogP contribution >= 0.6 is 0 Å². The molecule has 1 amide bonds. The first-order valence-electron chi connectivity index (χ1n) is 8.79. The maximum absolute atomic E-state index is 12.8. The minimum absolute atomic E-state index is 0.0562. The molecule has 1 heterocycles. The average molecular weight is 382 g/mol. The Kier molecular flexibility index (Phi) is 6.77. The number of carboxylic acids is 1. The summed E-state index contributed by atoms with van der Waals surface area (Å²) in [5, 5.41) is 8.64. The third kappa shape index (κ3) is 5.28. The number of aliphatic carboxylic acids is 1. The van der Waals surface area contributed by atoms with Crippen molar-refractivity contribution in [3.05, 3.63) is 29.8 Å². The molecule has 0 unspecified atom stereocenters. The van der Waals surface area contributed by atoms with Crippen LogP contribution in [0.4, 0.5) is 0 Å². The number of carboxylic acid groups (broad SMARTS) is 1. The Labute approximate surface area is 154 Å². The van der Waals surface area contributed by atoms with Crippen LogP contribution in [0.15, 0.2) is 29.2 Å². The summed E-state index contributed by atoms with van der Waals surface area (Å²) < 4.78 is 26.9. The fourth-order valence-corrected chi connectivity index (χ4v) is 4.39. The van der Waals surface area contributed by atoms with Crippen molar-refractivity contribution >= 4 is 21.9 Å². The van der Waals surface area contributed by atoms with E-state index in [1.54, 1.807) is 12.1 Å². The highest BCUT2D eigenvalue weighted by atomic mass is 32.2. The molecule has 1 aromatic carbocycles. The second-order valence-corrected chi connectivity index (χ2v) is 8.86. The number of sulfonamides is 1. The highest BCUT2D eigenvalue weighted by molar-refractivity contribution is 7.89. The van der Waals surface area contributed by atoms with Gasteiger partial charge in [-0.1, -0.05) is 26.0 Å². The molecule has 0 saturated carbocycles. The summed E-state index contributed by atoms with van der Waals surface area (Å²) in [6.07, 6.45) is 0.636. The van der Waals surface area contributed by atoms with Crippen LogP contribution in [0.3, 0.4) is 0 Å². The molecule has 0 spiro atoms. The Bertz CT molecular complexity index is 735. The number of carbonyl (C=O) groups is 2. The van der Waals surface area contributed by atoms with Crippen LogP contribution < -0.4 is 0 Å². The van der Waals surface area contributed by atoms with Crippen molar-refractivity contribution < 1.29 is 23.1 Å². The molecule has 1 N–H and O–H groups in total. The molecule has 0 aliphatic carbocycles. The first-order chi connectivity index (χ1) is 12.2. The largest absolute Gasteiger partial charge is 0.481 e. The molecule has 144 valence electrons. The van der Waals surface area contributed by atoms with Gasteiger partial charge in [0.15, 0.2) is 0 Å². The number of benzene rings is 1. The van der Waals surface area contributed by atoms with E-state index in [0.29, 0.717) is 5.92 Å². The van der Waals surface area contributed by atoms with Gasteiger partial charge in [0, 0.05) is 32.6 Å². The van der Waals surface area contributed by atoms with Gasteiger partial charge in [0.2, 0.25) is 15.9 Å². The monoisotopic (exact) mass is 382 g/mol. The number of piperazine rings is 1. The first kappa shape index (κ1) is 20.4. The molecule has 26 heavy (non-hydrogen) atoms. The Morgan fingerprint density at radius 3 is 2.12 bits per heavy atom. The summed E-state index contributed by atoms with van der Waals surface area (Å²) >= 11 is 0. The standard InChI is InChI=1S/C18H26N2O5S/c1-14(2)13-15-3-5-16(6-4-15)26(24,25)20-11-9-19(10-12-20)17(21)7-8-18(22)23/h3-6,14H,7-13H2,1-2H3,(H,22,23). The predicted molar refractivity (Wildman–Crippen MR) is 97.2 cm³/mol. The smallest absolute Gasteiger partial charge is 0.303 e. The molecule has 1 aliphatic heterocycles. The third-order valence-electron chi connectivity index (χ3n) is 4.35. The van der Waals surface area contributed by atoms with Gasteiger partial charge in [0.05, 0.1) is 11.3 Å². The lowest BCUT2D eigenvalue weighted by molar-refractivity contribution is -0.141. The van der Waals surface area contributed by atoms with Gasteiger partial charge in [-0.3, -0.25) is 9.59 Å². The SMILES string of the molecule is CC(C)Cc1ccc(S(=O)(=O)N2CCN(C(=O)CCC(=O)O)CC2)cc1. The number of hydrogen-bond donors (Lipinski definition) is 1. The second kappa shape index (κ2) is 8.64. The van der Waals surface area contributed by atoms with Crippen LogP contribution in [0, 0.1) is 5.92 Å². The fourth-order valence-electron chi connectivity index (χ4n) is 2.97. The Hall–Kier alpha value is -1.93. The zero-order valence-electron chi connectivity index (χ0n) is 15.2. The third-order valence-corrected chi connectivity index (χ3v) is 6.26. The molecule has 2 rings (SSSR count). The molecule has 0 bridgehead atoms. The molecule has 1 aromatic rings. The van der Waals surface area contributed by atoms with Crippen LogP contribution in [0.25, 0.3) is 0 Å². The summed E-state index contributed by atoms with van der Waals surface area (Å²) in [6.45, 7) is 5.22. The highest BCUT2D eigenvalue weighted by Gasteiger charge is 2.30. The van der Waals surface area contributed by atoms with E-state index in [1.165, 1.54) is 9.21 Å². The van der Waals surface area contributed by atoms with Gasteiger partial charge < -0.3 is 10.0 Å².